The zero-order valence-electron chi connectivity index (χ0n) is 8.48. The van der Waals surface area contributed by atoms with Gasteiger partial charge in [-0.05, 0) is 18.2 Å². The maximum Gasteiger partial charge on any atom is 0.338 e. The number of carbonyl (C=O) groups is 1. The van der Waals surface area contributed by atoms with Gasteiger partial charge >= 0.3 is 5.97 Å². The lowest BCUT2D eigenvalue weighted by Gasteiger charge is -2.12. The molecule has 0 aromatic heterocycles. The molecule has 0 amide bonds. The van der Waals surface area contributed by atoms with Gasteiger partial charge in [0, 0.05) is 6.42 Å². The number of ether oxygens (including phenoxy) is 2. The second kappa shape index (κ2) is 4.49. The summed E-state index contributed by atoms with van der Waals surface area (Å²) in [5, 5.41) is 8.73. The first-order chi connectivity index (χ1) is 7.66. The molecule has 0 spiro atoms. The highest BCUT2D eigenvalue weighted by atomic mass is 19.1. The van der Waals surface area contributed by atoms with Crippen LogP contribution in [0.4, 0.5) is 4.39 Å². The Morgan fingerprint density at radius 3 is 3.00 bits per heavy atom. The number of aromatic carboxylic acids is 1. The van der Waals surface area contributed by atoms with E-state index < -0.39 is 11.8 Å². The lowest BCUT2D eigenvalue weighted by molar-refractivity contribution is 0.0690. The average Bonchev–Trinajstić information content (AvgIpc) is 2.73. The first-order valence-corrected chi connectivity index (χ1v) is 4.94. The Bertz CT molecular complexity index is 399. The van der Waals surface area contributed by atoms with Crippen LogP contribution < -0.4 is 4.74 Å². The monoisotopic (exact) mass is 226 g/mol. The molecule has 1 saturated heterocycles. The summed E-state index contributed by atoms with van der Waals surface area (Å²) in [5.74, 6) is -1.71. The molecular formula is C11H11FO4. The molecule has 1 fully saturated rings. The van der Waals surface area contributed by atoms with Crippen molar-refractivity contribution >= 4 is 5.97 Å². The van der Waals surface area contributed by atoms with Crippen molar-refractivity contribution in [3.63, 3.8) is 0 Å². The van der Waals surface area contributed by atoms with E-state index in [4.69, 9.17) is 14.6 Å². The molecule has 0 bridgehead atoms. The standard InChI is InChI=1S/C11H11FO4/c12-10-2-1-7(5-9(10)11(13)14)16-8-3-4-15-6-8/h1-2,5,8H,3-4,6H2,(H,13,14). The van der Waals surface area contributed by atoms with Gasteiger partial charge in [-0.3, -0.25) is 0 Å². The third kappa shape index (κ3) is 2.30. The molecule has 1 unspecified atom stereocenters. The number of carboxylic acid groups (broad SMARTS) is 1. The predicted molar refractivity (Wildman–Crippen MR) is 53.2 cm³/mol. The van der Waals surface area contributed by atoms with Crippen molar-refractivity contribution in [2.75, 3.05) is 13.2 Å². The molecule has 86 valence electrons. The molecule has 1 heterocycles. The smallest absolute Gasteiger partial charge is 0.338 e. The van der Waals surface area contributed by atoms with E-state index in [0.717, 1.165) is 12.5 Å². The number of halogens is 1. The fourth-order valence-corrected chi connectivity index (χ4v) is 1.54. The molecule has 0 aliphatic carbocycles. The minimum absolute atomic E-state index is 0.0768. The number of hydrogen-bond acceptors (Lipinski definition) is 3. The van der Waals surface area contributed by atoms with Gasteiger partial charge in [0.15, 0.2) is 0 Å². The van der Waals surface area contributed by atoms with Crippen LogP contribution in [0.15, 0.2) is 18.2 Å². The van der Waals surface area contributed by atoms with Crippen molar-refractivity contribution in [2.24, 2.45) is 0 Å². The molecule has 2 rings (SSSR count). The van der Waals surface area contributed by atoms with Crippen molar-refractivity contribution in [1.82, 2.24) is 0 Å². The van der Waals surface area contributed by atoms with Crippen molar-refractivity contribution in [1.29, 1.82) is 0 Å². The Morgan fingerprint density at radius 2 is 2.38 bits per heavy atom. The second-order valence-electron chi connectivity index (χ2n) is 3.55. The summed E-state index contributed by atoms with van der Waals surface area (Å²) in [6, 6.07) is 3.70. The molecule has 1 aliphatic heterocycles. The van der Waals surface area contributed by atoms with E-state index in [2.05, 4.69) is 0 Å². The molecular weight excluding hydrogens is 215 g/mol. The minimum Gasteiger partial charge on any atom is -0.488 e. The number of carboxylic acids is 1. The highest BCUT2D eigenvalue weighted by Gasteiger charge is 2.18. The summed E-state index contributed by atoms with van der Waals surface area (Å²) >= 11 is 0. The van der Waals surface area contributed by atoms with Crippen LogP contribution in [0.1, 0.15) is 16.8 Å². The maximum absolute atomic E-state index is 13.1. The molecule has 1 atom stereocenters. The van der Waals surface area contributed by atoms with E-state index in [9.17, 15) is 9.18 Å². The van der Waals surface area contributed by atoms with Crippen LogP contribution in [0, 0.1) is 5.82 Å². The quantitative estimate of drug-likeness (QED) is 0.852. The van der Waals surface area contributed by atoms with Crippen LogP contribution >= 0.6 is 0 Å². The molecule has 1 N–H and O–H groups in total. The number of rotatable bonds is 3. The molecule has 5 heteroatoms. The molecule has 1 aliphatic rings. The Morgan fingerprint density at radius 1 is 1.56 bits per heavy atom. The van der Waals surface area contributed by atoms with E-state index in [0.29, 0.717) is 19.0 Å². The van der Waals surface area contributed by atoms with E-state index in [1.165, 1.54) is 12.1 Å². The van der Waals surface area contributed by atoms with Crippen LogP contribution in [0.3, 0.4) is 0 Å². The van der Waals surface area contributed by atoms with Crippen molar-refractivity contribution < 1.29 is 23.8 Å². The third-order valence-corrected chi connectivity index (χ3v) is 2.36. The summed E-state index contributed by atoms with van der Waals surface area (Å²) < 4.78 is 23.7. The molecule has 1 aromatic carbocycles. The number of benzene rings is 1. The highest BCUT2D eigenvalue weighted by molar-refractivity contribution is 5.88. The molecule has 0 radical (unpaired) electrons. The van der Waals surface area contributed by atoms with Crippen molar-refractivity contribution in [3.05, 3.63) is 29.6 Å². The van der Waals surface area contributed by atoms with Crippen LogP contribution in [-0.4, -0.2) is 30.4 Å². The van der Waals surface area contributed by atoms with E-state index in [1.807, 2.05) is 0 Å². The van der Waals surface area contributed by atoms with Gasteiger partial charge in [-0.2, -0.15) is 0 Å². The predicted octanol–water partition coefficient (Wildman–Crippen LogP) is 1.69. The summed E-state index contributed by atoms with van der Waals surface area (Å²) in [4.78, 5) is 10.7. The van der Waals surface area contributed by atoms with Crippen molar-refractivity contribution in [2.45, 2.75) is 12.5 Å². The third-order valence-electron chi connectivity index (χ3n) is 2.36. The van der Waals surface area contributed by atoms with Crippen LogP contribution in [0.2, 0.25) is 0 Å². The summed E-state index contributed by atoms with van der Waals surface area (Å²) in [5.41, 5.74) is -0.378. The van der Waals surface area contributed by atoms with Gasteiger partial charge in [0.1, 0.15) is 17.7 Å². The minimum atomic E-state index is -1.30. The fourth-order valence-electron chi connectivity index (χ4n) is 1.54. The second-order valence-corrected chi connectivity index (χ2v) is 3.55. The first-order valence-electron chi connectivity index (χ1n) is 4.94. The molecule has 1 aromatic rings. The summed E-state index contributed by atoms with van der Waals surface area (Å²) in [6.07, 6.45) is 0.687. The van der Waals surface area contributed by atoms with Gasteiger partial charge in [0.25, 0.3) is 0 Å². The van der Waals surface area contributed by atoms with Gasteiger partial charge in [-0.25, -0.2) is 9.18 Å². The SMILES string of the molecule is O=C(O)c1cc(OC2CCOC2)ccc1F. The Labute approximate surface area is 91.6 Å². The van der Waals surface area contributed by atoms with E-state index in [1.54, 1.807) is 0 Å². The Hall–Kier alpha value is -1.62. The van der Waals surface area contributed by atoms with Crippen LogP contribution in [-0.2, 0) is 4.74 Å². The fraction of sp³-hybridized carbons (Fsp3) is 0.364. The van der Waals surface area contributed by atoms with Crippen LogP contribution in [0.25, 0.3) is 0 Å². The normalized spacial score (nSPS) is 19.7. The maximum atomic E-state index is 13.1. The van der Waals surface area contributed by atoms with Gasteiger partial charge in [-0.15, -0.1) is 0 Å². The zero-order chi connectivity index (χ0) is 11.5. The highest BCUT2D eigenvalue weighted by Crippen LogP contribution is 2.20. The van der Waals surface area contributed by atoms with Gasteiger partial charge in [0.05, 0.1) is 18.8 Å². The number of hydrogen-bond donors (Lipinski definition) is 1. The average molecular weight is 226 g/mol. The van der Waals surface area contributed by atoms with E-state index in [-0.39, 0.29) is 11.7 Å². The van der Waals surface area contributed by atoms with Gasteiger partial charge in [0.2, 0.25) is 0 Å². The summed E-state index contributed by atoms with van der Waals surface area (Å²) in [6.45, 7) is 1.12. The van der Waals surface area contributed by atoms with Gasteiger partial charge in [-0.1, -0.05) is 0 Å². The largest absolute Gasteiger partial charge is 0.488 e. The van der Waals surface area contributed by atoms with Gasteiger partial charge < -0.3 is 14.6 Å². The van der Waals surface area contributed by atoms with E-state index >= 15 is 0 Å². The Kier molecular flexibility index (Phi) is 3.05. The Balaban J connectivity index is 2.15. The van der Waals surface area contributed by atoms with Crippen LogP contribution in [0.5, 0.6) is 5.75 Å². The first kappa shape index (κ1) is 10.9. The molecule has 4 nitrogen and oxygen atoms in total. The topological polar surface area (TPSA) is 55.8 Å². The summed E-state index contributed by atoms with van der Waals surface area (Å²) in [7, 11) is 0. The lowest BCUT2D eigenvalue weighted by Crippen LogP contribution is -2.16. The molecule has 16 heavy (non-hydrogen) atoms. The lowest BCUT2D eigenvalue weighted by atomic mass is 10.2. The zero-order valence-corrected chi connectivity index (χ0v) is 8.48. The molecule has 0 saturated carbocycles. The van der Waals surface area contributed by atoms with Crippen molar-refractivity contribution in [3.8, 4) is 5.75 Å².